The molecule has 0 aromatic heterocycles. The van der Waals surface area contributed by atoms with Crippen LogP contribution in [0.4, 0.5) is 5.69 Å². The molecule has 2 aromatic carbocycles. The van der Waals surface area contributed by atoms with Crippen molar-refractivity contribution >= 4 is 23.2 Å². The molecule has 0 bridgehead atoms. The van der Waals surface area contributed by atoms with Gasteiger partial charge in [-0.15, -0.1) is 0 Å². The molecule has 2 aromatic rings. The van der Waals surface area contributed by atoms with E-state index >= 15 is 0 Å². The molecular formula is C19H22ClN2O2+. The summed E-state index contributed by atoms with van der Waals surface area (Å²) in [5.41, 5.74) is 0.604. The predicted molar refractivity (Wildman–Crippen MR) is 96.0 cm³/mol. The first-order valence-corrected chi connectivity index (χ1v) is 8.74. The molecule has 1 amide bonds. The maximum absolute atomic E-state index is 12.4. The molecule has 4 nitrogen and oxygen atoms in total. The number of carbonyl (C=O) groups is 1. The van der Waals surface area contributed by atoms with E-state index in [2.05, 4.69) is 5.32 Å². The van der Waals surface area contributed by atoms with Crippen LogP contribution in [-0.4, -0.2) is 25.5 Å². The molecule has 1 aliphatic heterocycles. The Balaban J connectivity index is 1.69. The van der Waals surface area contributed by atoms with Gasteiger partial charge in [-0.25, -0.2) is 0 Å². The van der Waals surface area contributed by atoms with Crippen LogP contribution in [0.2, 0.25) is 5.02 Å². The largest absolute Gasteiger partial charge is 0.455 e. The molecule has 3 rings (SSSR count). The second-order valence-electron chi connectivity index (χ2n) is 6.09. The number of hydrogen-bond acceptors (Lipinski definition) is 2. The molecule has 1 saturated heterocycles. The van der Waals surface area contributed by atoms with Crippen LogP contribution >= 0.6 is 11.6 Å². The minimum absolute atomic E-state index is 0.00733. The molecule has 2 N–H and O–H groups in total. The zero-order chi connectivity index (χ0) is 16.8. The Hall–Kier alpha value is -2.04. The number of anilines is 1. The fraction of sp³-hybridized carbons (Fsp3) is 0.316. The average molecular weight is 346 g/mol. The van der Waals surface area contributed by atoms with Crippen molar-refractivity contribution in [3.05, 3.63) is 53.6 Å². The van der Waals surface area contributed by atoms with Crippen molar-refractivity contribution < 1.29 is 14.4 Å². The van der Waals surface area contributed by atoms with Gasteiger partial charge < -0.3 is 15.0 Å². The molecule has 5 heteroatoms. The third-order valence-corrected chi connectivity index (χ3v) is 4.39. The van der Waals surface area contributed by atoms with Crippen LogP contribution in [0.1, 0.15) is 19.3 Å². The minimum Gasteiger partial charge on any atom is -0.455 e. The summed E-state index contributed by atoms with van der Waals surface area (Å²) in [6, 6.07) is 14.7. The standard InChI is InChI=1S/C19H21ClN2O2/c20-15-9-10-18(24-16-7-3-1-4-8-16)17(13-15)21-19(23)14-22-11-5-2-6-12-22/h1,3-4,7-10,13H,2,5-6,11-12,14H2,(H,21,23)/p+1. The fourth-order valence-electron chi connectivity index (χ4n) is 2.95. The summed E-state index contributed by atoms with van der Waals surface area (Å²) in [4.78, 5) is 13.7. The van der Waals surface area contributed by atoms with Crippen LogP contribution in [0.15, 0.2) is 48.5 Å². The number of para-hydroxylation sites is 1. The maximum Gasteiger partial charge on any atom is 0.279 e. The van der Waals surface area contributed by atoms with Crippen molar-refractivity contribution in [3.8, 4) is 11.5 Å². The summed E-state index contributed by atoms with van der Waals surface area (Å²) in [6.45, 7) is 2.62. The number of benzene rings is 2. The number of piperidine rings is 1. The molecule has 0 unspecified atom stereocenters. The molecule has 1 heterocycles. The van der Waals surface area contributed by atoms with E-state index in [-0.39, 0.29) is 5.91 Å². The fourth-order valence-corrected chi connectivity index (χ4v) is 3.13. The lowest BCUT2D eigenvalue weighted by Crippen LogP contribution is -3.13. The zero-order valence-corrected chi connectivity index (χ0v) is 14.3. The van der Waals surface area contributed by atoms with Crippen molar-refractivity contribution in [2.24, 2.45) is 0 Å². The van der Waals surface area contributed by atoms with Crippen LogP contribution in [0.5, 0.6) is 11.5 Å². The molecule has 0 atom stereocenters. The van der Waals surface area contributed by atoms with Crippen LogP contribution in [-0.2, 0) is 4.79 Å². The number of halogens is 1. The molecular weight excluding hydrogens is 324 g/mol. The molecule has 0 saturated carbocycles. The summed E-state index contributed by atoms with van der Waals surface area (Å²) in [5.74, 6) is 1.30. The van der Waals surface area contributed by atoms with Gasteiger partial charge >= 0.3 is 0 Å². The monoisotopic (exact) mass is 345 g/mol. The Morgan fingerprint density at radius 1 is 1.08 bits per heavy atom. The highest BCUT2D eigenvalue weighted by Crippen LogP contribution is 2.31. The summed E-state index contributed by atoms with van der Waals surface area (Å²) in [7, 11) is 0. The second-order valence-corrected chi connectivity index (χ2v) is 6.53. The molecule has 0 aliphatic carbocycles. The lowest BCUT2D eigenvalue weighted by Gasteiger charge is -2.23. The van der Waals surface area contributed by atoms with Gasteiger partial charge in [0.25, 0.3) is 5.91 Å². The zero-order valence-electron chi connectivity index (χ0n) is 13.6. The average Bonchev–Trinajstić information content (AvgIpc) is 2.59. The van der Waals surface area contributed by atoms with Crippen LogP contribution in [0.25, 0.3) is 0 Å². The lowest BCUT2D eigenvalue weighted by atomic mass is 10.1. The smallest absolute Gasteiger partial charge is 0.279 e. The van der Waals surface area contributed by atoms with E-state index < -0.39 is 0 Å². The van der Waals surface area contributed by atoms with E-state index in [1.807, 2.05) is 30.3 Å². The Kier molecular flexibility index (Phi) is 5.72. The first kappa shape index (κ1) is 16.8. The van der Waals surface area contributed by atoms with Crippen molar-refractivity contribution in [2.45, 2.75) is 19.3 Å². The van der Waals surface area contributed by atoms with Crippen molar-refractivity contribution in [2.75, 3.05) is 25.0 Å². The number of carbonyl (C=O) groups excluding carboxylic acids is 1. The van der Waals surface area contributed by atoms with Gasteiger partial charge in [0.2, 0.25) is 0 Å². The van der Waals surface area contributed by atoms with Gasteiger partial charge in [-0.1, -0.05) is 29.8 Å². The summed E-state index contributed by atoms with van der Waals surface area (Å²) in [6.07, 6.45) is 3.67. The van der Waals surface area contributed by atoms with Crippen LogP contribution < -0.4 is 15.0 Å². The third kappa shape index (κ3) is 4.73. The second kappa shape index (κ2) is 8.18. The van der Waals surface area contributed by atoms with Crippen LogP contribution in [0, 0.1) is 0 Å². The van der Waals surface area contributed by atoms with Gasteiger partial charge in [0, 0.05) is 5.02 Å². The minimum atomic E-state index is -0.00733. The van der Waals surface area contributed by atoms with Crippen LogP contribution in [0.3, 0.4) is 0 Å². The first-order chi connectivity index (χ1) is 11.7. The Bertz CT molecular complexity index is 685. The number of amides is 1. The topological polar surface area (TPSA) is 42.8 Å². The number of hydrogen-bond donors (Lipinski definition) is 2. The summed E-state index contributed by atoms with van der Waals surface area (Å²) in [5, 5.41) is 3.52. The third-order valence-electron chi connectivity index (χ3n) is 4.16. The molecule has 126 valence electrons. The van der Waals surface area contributed by atoms with Gasteiger partial charge in [-0.05, 0) is 49.6 Å². The van der Waals surface area contributed by atoms with E-state index in [1.54, 1.807) is 18.2 Å². The Morgan fingerprint density at radius 3 is 2.58 bits per heavy atom. The number of quaternary nitrogens is 1. The highest BCUT2D eigenvalue weighted by Gasteiger charge is 2.18. The molecule has 0 spiro atoms. The maximum atomic E-state index is 12.4. The SMILES string of the molecule is O=C(C[NH+]1CCCCC1)Nc1cc(Cl)ccc1Oc1ccccc1. The van der Waals surface area contributed by atoms with Gasteiger partial charge in [-0.2, -0.15) is 0 Å². The van der Waals surface area contributed by atoms with E-state index in [0.29, 0.717) is 23.0 Å². The summed E-state index contributed by atoms with van der Waals surface area (Å²) >= 11 is 6.08. The summed E-state index contributed by atoms with van der Waals surface area (Å²) < 4.78 is 5.88. The van der Waals surface area contributed by atoms with Gasteiger partial charge in [-0.3, -0.25) is 4.79 Å². The molecule has 0 radical (unpaired) electrons. The first-order valence-electron chi connectivity index (χ1n) is 8.36. The van der Waals surface area contributed by atoms with E-state index in [0.717, 1.165) is 18.8 Å². The number of ether oxygens (including phenoxy) is 1. The number of rotatable bonds is 5. The normalized spacial score (nSPS) is 15.0. The van der Waals surface area contributed by atoms with Crippen molar-refractivity contribution in [3.63, 3.8) is 0 Å². The molecule has 24 heavy (non-hydrogen) atoms. The van der Waals surface area contributed by atoms with Crippen molar-refractivity contribution in [1.82, 2.24) is 0 Å². The van der Waals surface area contributed by atoms with E-state index in [9.17, 15) is 4.79 Å². The highest BCUT2D eigenvalue weighted by molar-refractivity contribution is 6.31. The van der Waals surface area contributed by atoms with Gasteiger partial charge in [0.05, 0.1) is 18.8 Å². The highest BCUT2D eigenvalue weighted by atomic mass is 35.5. The quantitative estimate of drug-likeness (QED) is 0.874. The number of nitrogens with one attached hydrogen (secondary N) is 2. The molecule has 1 aliphatic rings. The Morgan fingerprint density at radius 2 is 1.83 bits per heavy atom. The Labute approximate surface area is 147 Å². The van der Waals surface area contributed by atoms with E-state index in [1.165, 1.54) is 24.2 Å². The molecule has 1 fully saturated rings. The van der Waals surface area contributed by atoms with Gasteiger partial charge in [0.15, 0.2) is 12.3 Å². The lowest BCUT2D eigenvalue weighted by molar-refractivity contribution is -0.896. The predicted octanol–water partition coefficient (Wildman–Crippen LogP) is 3.14. The van der Waals surface area contributed by atoms with E-state index in [4.69, 9.17) is 16.3 Å². The van der Waals surface area contributed by atoms with Gasteiger partial charge in [0.1, 0.15) is 5.75 Å². The number of likely N-dealkylation sites (tertiary alicyclic amines) is 1. The van der Waals surface area contributed by atoms with Crippen molar-refractivity contribution in [1.29, 1.82) is 0 Å².